The van der Waals surface area contributed by atoms with E-state index in [9.17, 15) is 23.6 Å². The summed E-state index contributed by atoms with van der Waals surface area (Å²) in [6.45, 7) is 1.91. The van der Waals surface area contributed by atoms with Gasteiger partial charge in [-0.3, -0.25) is 28.6 Å². The van der Waals surface area contributed by atoms with E-state index in [-0.39, 0.29) is 58.1 Å². The molecule has 1 aromatic heterocycles. The van der Waals surface area contributed by atoms with Gasteiger partial charge in [-0.2, -0.15) is 0 Å². The van der Waals surface area contributed by atoms with Gasteiger partial charge in [-0.05, 0) is 66.1 Å². The van der Waals surface area contributed by atoms with E-state index in [0.29, 0.717) is 37.0 Å². The number of anilines is 1. The Bertz CT molecular complexity index is 1700. The monoisotopic (exact) mass is 639 g/mol. The summed E-state index contributed by atoms with van der Waals surface area (Å²) in [4.78, 5) is 58.2. The van der Waals surface area contributed by atoms with E-state index in [1.807, 2.05) is 24.3 Å². The van der Waals surface area contributed by atoms with Crippen LogP contribution in [0.2, 0.25) is 5.02 Å². The van der Waals surface area contributed by atoms with Crippen LogP contribution in [-0.4, -0.2) is 58.7 Å². The molecule has 2 aromatic carbocycles. The van der Waals surface area contributed by atoms with Crippen LogP contribution in [0.25, 0.3) is 0 Å². The second kappa shape index (κ2) is 10.3. The Hall–Kier alpha value is -2.99. The third-order valence-electron chi connectivity index (χ3n) is 9.92. The van der Waals surface area contributed by atoms with Crippen molar-refractivity contribution in [1.82, 2.24) is 9.47 Å². The number of nitrogens with zero attached hydrogens (tertiary/aromatic N) is 3. The van der Waals surface area contributed by atoms with Gasteiger partial charge in [-0.25, -0.2) is 4.39 Å². The Morgan fingerprint density at radius 3 is 2.33 bits per heavy atom. The minimum absolute atomic E-state index is 0.0110. The summed E-state index contributed by atoms with van der Waals surface area (Å²) >= 11 is 9.03. The molecule has 8 nitrogen and oxygen atoms in total. The molecule has 0 N–H and O–H groups in total. The summed E-state index contributed by atoms with van der Waals surface area (Å²) in [5.74, 6) is -2.17. The lowest BCUT2D eigenvalue weighted by Crippen LogP contribution is -2.44. The van der Waals surface area contributed by atoms with Crippen molar-refractivity contribution in [2.24, 2.45) is 29.6 Å². The van der Waals surface area contributed by atoms with Crippen molar-refractivity contribution in [3.8, 4) is 0 Å². The molecule has 43 heavy (non-hydrogen) atoms. The number of thiazole rings is 1. The molecule has 4 heterocycles. The summed E-state index contributed by atoms with van der Waals surface area (Å²) in [6.07, 6.45) is 0.752. The fourth-order valence-electron chi connectivity index (χ4n) is 8.19. The van der Waals surface area contributed by atoms with Gasteiger partial charge in [-0.1, -0.05) is 35.1 Å². The van der Waals surface area contributed by atoms with E-state index in [4.69, 9.17) is 16.3 Å². The highest BCUT2D eigenvalue weighted by Gasteiger charge is 2.69. The van der Waals surface area contributed by atoms with E-state index >= 15 is 0 Å². The molecule has 12 heteroatoms. The number of ether oxygens (including phenoxy) is 1. The van der Waals surface area contributed by atoms with Gasteiger partial charge in [0, 0.05) is 34.2 Å². The van der Waals surface area contributed by atoms with Crippen LogP contribution in [0, 0.1) is 35.4 Å². The first-order chi connectivity index (χ1) is 20.8. The number of aromatic nitrogens is 1. The molecule has 0 radical (unpaired) electrons. The molecule has 3 aromatic rings. The molecule has 2 saturated heterocycles. The first-order valence-electron chi connectivity index (χ1n) is 14.5. The van der Waals surface area contributed by atoms with Crippen molar-refractivity contribution in [3.05, 3.63) is 79.5 Å². The zero-order chi connectivity index (χ0) is 29.6. The molecule has 2 bridgehead atoms. The number of thioether (sulfide) groups is 1. The predicted molar refractivity (Wildman–Crippen MR) is 160 cm³/mol. The first-order valence-corrected chi connectivity index (χ1v) is 16.5. The minimum Gasteiger partial charge on any atom is -0.378 e. The van der Waals surface area contributed by atoms with Gasteiger partial charge < -0.3 is 9.64 Å². The molecule has 0 spiro atoms. The average molecular weight is 640 g/mol. The summed E-state index contributed by atoms with van der Waals surface area (Å²) in [5, 5.41) is 1.38. The van der Waals surface area contributed by atoms with E-state index in [2.05, 4.69) is 0 Å². The van der Waals surface area contributed by atoms with Crippen LogP contribution < -0.4 is 9.77 Å². The molecular weight excluding hydrogens is 613 g/mol. The summed E-state index contributed by atoms with van der Waals surface area (Å²) in [6, 6.07) is 13.1. The number of fused-ring (bicyclic) bond motifs is 9. The van der Waals surface area contributed by atoms with E-state index in [1.54, 1.807) is 21.2 Å². The highest BCUT2D eigenvalue weighted by atomic mass is 35.5. The second-order valence-electron chi connectivity index (χ2n) is 11.9. The lowest BCUT2D eigenvalue weighted by atomic mass is 9.68. The average Bonchev–Trinajstić information content (AvgIpc) is 3.73. The summed E-state index contributed by atoms with van der Waals surface area (Å²) in [7, 11) is 0. The first kappa shape index (κ1) is 27.6. The van der Waals surface area contributed by atoms with Gasteiger partial charge in [0.1, 0.15) is 12.4 Å². The number of morpholine rings is 1. The molecule has 4 fully saturated rings. The second-order valence-corrected chi connectivity index (χ2v) is 14.5. The quantitative estimate of drug-likeness (QED) is 0.397. The highest BCUT2D eigenvalue weighted by Crippen LogP contribution is 2.69. The molecule has 7 atom stereocenters. The van der Waals surface area contributed by atoms with Gasteiger partial charge in [-0.15, -0.1) is 11.8 Å². The van der Waals surface area contributed by atoms with Crippen LogP contribution in [0.5, 0.6) is 0 Å². The number of benzene rings is 2. The Balaban J connectivity index is 1.19. The van der Waals surface area contributed by atoms with Crippen LogP contribution in [0.1, 0.15) is 22.8 Å². The number of imide groups is 1. The Morgan fingerprint density at radius 2 is 1.63 bits per heavy atom. The Morgan fingerprint density at radius 1 is 0.953 bits per heavy atom. The van der Waals surface area contributed by atoms with Crippen LogP contribution in [0.4, 0.5) is 10.1 Å². The molecule has 3 amide bonds. The Kier molecular flexibility index (Phi) is 6.59. The third kappa shape index (κ3) is 4.18. The fourth-order valence-corrected chi connectivity index (χ4v) is 11.5. The standard InChI is InChI=1S/C31H27ClFN3O5S2/c32-16-3-1-15(2-4-16)22-23-19-13-20(25-24(19)28(38)36(29(25)39)18-7-5-17(33)6-8-18)26(23)42-30-27(22)43-31(40)35(30)14-21(37)34-9-11-41-12-10-34/h1-8,19-20,22-26H,9-14H2. The molecule has 5 aliphatic rings. The smallest absolute Gasteiger partial charge is 0.308 e. The van der Waals surface area contributed by atoms with Gasteiger partial charge in [0.15, 0.2) is 0 Å². The topological polar surface area (TPSA) is 88.9 Å². The number of carbonyl (C=O) groups is 3. The largest absolute Gasteiger partial charge is 0.378 e. The van der Waals surface area contributed by atoms with Crippen molar-refractivity contribution in [2.75, 3.05) is 31.2 Å². The third-order valence-corrected chi connectivity index (χ3v) is 13.0. The van der Waals surface area contributed by atoms with Crippen LogP contribution in [-0.2, 0) is 25.7 Å². The predicted octanol–water partition coefficient (Wildman–Crippen LogP) is 4.24. The lowest BCUT2D eigenvalue weighted by Gasteiger charge is -2.43. The molecule has 3 aliphatic heterocycles. The van der Waals surface area contributed by atoms with Crippen molar-refractivity contribution < 1.29 is 23.5 Å². The highest BCUT2D eigenvalue weighted by molar-refractivity contribution is 8.00. The van der Waals surface area contributed by atoms with E-state index in [0.717, 1.165) is 21.9 Å². The SMILES string of the molecule is O=C(Cn1c2c(sc1=O)C(c1ccc(Cl)cc1)C1C3CC(C1S2)C1C(=O)N(c2ccc(F)cc2)C(=O)C31)N1CCOCC1. The molecule has 2 aliphatic carbocycles. The van der Waals surface area contributed by atoms with Crippen molar-refractivity contribution in [1.29, 1.82) is 0 Å². The molecule has 7 unspecified atom stereocenters. The van der Waals surface area contributed by atoms with E-state index in [1.165, 1.54) is 40.5 Å². The van der Waals surface area contributed by atoms with Gasteiger partial charge in [0.25, 0.3) is 0 Å². The zero-order valence-corrected chi connectivity index (χ0v) is 25.2. The van der Waals surface area contributed by atoms with Crippen molar-refractivity contribution in [3.63, 3.8) is 0 Å². The lowest BCUT2D eigenvalue weighted by molar-refractivity contribution is -0.136. The van der Waals surface area contributed by atoms with Crippen LogP contribution >= 0.6 is 34.7 Å². The number of halogens is 2. The van der Waals surface area contributed by atoms with Crippen molar-refractivity contribution >= 4 is 58.1 Å². The maximum Gasteiger partial charge on any atom is 0.308 e. The van der Waals surface area contributed by atoms with E-state index < -0.39 is 17.7 Å². The number of hydrogen-bond acceptors (Lipinski definition) is 7. The summed E-state index contributed by atoms with van der Waals surface area (Å²) < 4.78 is 20.7. The molecular formula is C31H27ClFN3O5S2. The number of carbonyl (C=O) groups excluding carboxylic acids is 3. The zero-order valence-electron chi connectivity index (χ0n) is 22.9. The van der Waals surface area contributed by atoms with Crippen molar-refractivity contribution in [2.45, 2.75) is 29.2 Å². The molecule has 8 rings (SSSR count). The van der Waals surface area contributed by atoms with Gasteiger partial charge in [0.2, 0.25) is 17.7 Å². The van der Waals surface area contributed by atoms with Gasteiger partial charge >= 0.3 is 4.87 Å². The molecule has 2 saturated carbocycles. The number of amides is 3. The fraction of sp³-hybridized carbons (Fsp3) is 0.419. The Labute approximate surface area is 259 Å². The minimum atomic E-state index is -0.461. The molecule has 222 valence electrons. The van der Waals surface area contributed by atoms with Crippen LogP contribution in [0.15, 0.2) is 58.4 Å². The van der Waals surface area contributed by atoms with Gasteiger partial charge in [0.05, 0.1) is 35.8 Å². The number of rotatable bonds is 4. The normalized spacial score (nSPS) is 30.9. The van der Waals surface area contributed by atoms with Crippen LogP contribution in [0.3, 0.4) is 0 Å². The number of hydrogen-bond donors (Lipinski definition) is 0. The maximum absolute atomic E-state index is 13.9. The summed E-state index contributed by atoms with van der Waals surface area (Å²) in [5.41, 5.74) is 1.40. The maximum atomic E-state index is 13.9.